The third-order valence-corrected chi connectivity index (χ3v) is 5.18. The third kappa shape index (κ3) is 2.79. The summed E-state index contributed by atoms with van der Waals surface area (Å²) >= 11 is 6.07. The molecule has 120 valence electrons. The molecule has 3 rings (SSSR count). The molecule has 0 N–H and O–H groups in total. The minimum absolute atomic E-state index is 0.133. The summed E-state index contributed by atoms with van der Waals surface area (Å²) in [6.45, 7) is 4.27. The van der Waals surface area contributed by atoms with E-state index in [9.17, 15) is 10.1 Å². The van der Waals surface area contributed by atoms with Crippen LogP contribution in [0.1, 0.15) is 37.7 Å². The fourth-order valence-corrected chi connectivity index (χ4v) is 4.22. The van der Waals surface area contributed by atoms with Gasteiger partial charge in [-0.1, -0.05) is 11.6 Å². The van der Waals surface area contributed by atoms with Gasteiger partial charge in [-0.2, -0.15) is 5.26 Å². The molecule has 6 heteroatoms. The van der Waals surface area contributed by atoms with Crippen molar-refractivity contribution in [1.29, 1.82) is 5.26 Å². The summed E-state index contributed by atoms with van der Waals surface area (Å²) in [6.07, 6.45) is 7.63. The number of aromatic nitrogens is 1. The molecule has 2 unspecified atom stereocenters. The molecule has 0 aromatic carbocycles. The maximum absolute atomic E-state index is 10.6. The Hall–Kier alpha value is -2.06. The largest absolute Gasteiger partial charge is 0.413 e. The van der Waals surface area contributed by atoms with Gasteiger partial charge in [0.15, 0.2) is 5.88 Å². The van der Waals surface area contributed by atoms with Crippen LogP contribution in [0.15, 0.2) is 30.9 Å². The summed E-state index contributed by atoms with van der Waals surface area (Å²) in [4.78, 5) is 16.9. The Morgan fingerprint density at radius 3 is 2.74 bits per heavy atom. The lowest BCUT2D eigenvalue weighted by molar-refractivity contribution is -0.129. The van der Waals surface area contributed by atoms with Gasteiger partial charge in [0, 0.05) is 24.5 Å². The van der Waals surface area contributed by atoms with E-state index in [1.807, 2.05) is 6.07 Å². The number of hydrogen-bond donors (Lipinski definition) is 0. The Labute approximate surface area is 140 Å². The molecule has 0 aliphatic carbocycles. The number of nitrogens with zero attached hydrogens (tertiary/aromatic N) is 3. The number of carbonyl (C=O) groups is 1. The number of nitriles is 1. The molecule has 2 saturated heterocycles. The van der Waals surface area contributed by atoms with Gasteiger partial charge in [0.2, 0.25) is 0 Å². The number of carbonyl (C=O) groups excluding carboxylic acids is 1. The first-order chi connectivity index (χ1) is 11.1. The highest BCUT2D eigenvalue weighted by Crippen LogP contribution is 2.47. The molecule has 23 heavy (non-hydrogen) atoms. The van der Waals surface area contributed by atoms with E-state index in [1.165, 1.54) is 0 Å². The van der Waals surface area contributed by atoms with Crippen molar-refractivity contribution in [2.24, 2.45) is 0 Å². The van der Waals surface area contributed by atoms with Crippen molar-refractivity contribution in [1.82, 2.24) is 9.88 Å². The van der Waals surface area contributed by atoms with E-state index in [2.05, 4.69) is 22.5 Å². The van der Waals surface area contributed by atoms with Gasteiger partial charge >= 0.3 is 0 Å². The molecule has 0 saturated carbocycles. The van der Waals surface area contributed by atoms with Crippen molar-refractivity contribution >= 4 is 18.1 Å². The number of halogens is 1. The quantitative estimate of drug-likeness (QED) is 0.626. The van der Waals surface area contributed by atoms with E-state index < -0.39 is 5.41 Å². The second-order valence-corrected chi connectivity index (χ2v) is 6.68. The summed E-state index contributed by atoms with van der Waals surface area (Å²) < 4.78 is 4.98. The molecular formula is C17H18ClN3O2. The lowest BCUT2D eigenvalue weighted by Gasteiger charge is -2.52. The van der Waals surface area contributed by atoms with Crippen LogP contribution in [0.2, 0.25) is 5.02 Å². The molecule has 2 fully saturated rings. The van der Waals surface area contributed by atoms with Crippen molar-refractivity contribution in [3.63, 3.8) is 0 Å². The molecule has 1 aromatic heterocycles. The van der Waals surface area contributed by atoms with Crippen LogP contribution in [0.4, 0.5) is 0 Å². The Kier molecular flexibility index (Phi) is 4.27. The molecule has 3 heterocycles. The van der Waals surface area contributed by atoms with E-state index in [4.69, 9.17) is 16.3 Å². The van der Waals surface area contributed by atoms with Gasteiger partial charge in [0.05, 0.1) is 16.5 Å². The monoisotopic (exact) mass is 331 g/mol. The molecule has 2 aliphatic heterocycles. The van der Waals surface area contributed by atoms with Crippen LogP contribution in [0.5, 0.6) is 0 Å². The molecule has 0 spiro atoms. The number of ether oxygens (including phenoxy) is 1. The van der Waals surface area contributed by atoms with Gasteiger partial charge in [-0.15, -0.1) is 0 Å². The van der Waals surface area contributed by atoms with Crippen LogP contribution in [-0.4, -0.2) is 28.4 Å². The first-order valence-electron chi connectivity index (χ1n) is 7.69. The SMILES string of the molecule is C=C(OC=O)N1C2CCCC1CC(C#N)(c1cncc(Cl)c1)C2. The van der Waals surface area contributed by atoms with Crippen molar-refractivity contribution < 1.29 is 9.53 Å². The summed E-state index contributed by atoms with van der Waals surface area (Å²) in [5.41, 5.74) is 0.261. The predicted octanol–water partition coefficient (Wildman–Crippen LogP) is 3.16. The number of hydrogen-bond acceptors (Lipinski definition) is 5. The average molecular weight is 332 g/mol. The van der Waals surface area contributed by atoms with Crippen molar-refractivity contribution in [3.8, 4) is 6.07 Å². The Morgan fingerprint density at radius 1 is 1.48 bits per heavy atom. The van der Waals surface area contributed by atoms with Crippen LogP contribution in [0, 0.1) is 11.3 Å². The van der Waals surface area contributed by atoms with Gasteiger partial charge in [-0.05, 0) is 50.3 Å². The highest BCUT2D eigenvalue weighted by molar-refractivity contribution is 6.30. The maximum atomic E-state index is 10.6. The molecule has 2 atom stereocenters. The summed E-state index contributed by atoms with van der Waals surface area (Å²) in [6, 6.07) is 4.61. The maximum Gasteiger partial charge on any atom is 0.299 e. The molecule has 2 aliphatic rings. The van der Waals surface area contributed by atoms with Gasteiger partial charge in [-0.3, -0.25) is 9.78 Å². The van der Waals surface area contributed by atoms with Crippen LogP contribution >= 0.6 is 11.6 Å². The first kappa shape index (κ1) is 15.8. The number of pyridine rings is 1. The zero-order chi connectivity index (χ0) is 16.4. The van der Waals surface area contributed by atoms with Gasteiger partial charge in [0.25, 0.3) is 6.47 Å². The fraction of sp³-hybridized carbons (Fsp3) is 0.471. The Balaban J connectivity index is 1.94. The predicted molar refractivity (Wildman–Crippen MR) is 85.3 cm³/mol. The van der Waals surface area contributed by atoms with Gasteiger partial charge in [-0.25, -0.2) is 0 Å². The normalized spacial score (nSPS) is 29.5. The smallest absolute Gasteiger partial charge is 0.299 e. The fourth-order valence-electron chi connectivity index (χ4n) is 4.04. The highest BCUT2D eigenvalue weighted by Gasteiger charge is 2.48. The van der Waals surface area contributed by atoms with Crippen LogP contribution < -0.4 is 0 Å². The van der Waals surface area contributed by atoms with E-state index in [0.717, 1.165) is 24.8 Å². The highest BCUT2D eigenvalue weighted by atomic mass is 35.5. The zero-order valence-electron chi connectivity index (χ0n) is 12.7. The molecular weight excluding hydrogens is 314 g/mol. The second-order valence-electron chi connectivity index (χ2n) is 6.25. The van der Waals surface area contributed by atoms with E-state index >= 15 is 0 Å². The molecule has 5 nitrogen and oxygen atoms in total. The standard InChI is InChI=1S/C17H18ClN3O2/c1-12(23-11-22)21-15-3-2-4-16(21)7-17(6-15,10-19)13-5-14(18)9-20-8-13/h5,8-9,11,15-16H,1-4,6-7H2. The van der Waals surface area contributed by atoms with E-state index in [0.29, 0.717) is 30.2 Å². The van der Waals surface area contributed by atoms with Crippen LogP contribution in [0.25, 0.3) is 0 Å². The van der Waals surface area contributed by atoms with Gasteiger partial charge < -0.3 is 9.64 Å². The minimum atomic E-state index is -0.606. The van der Waals surface area contributed by atoms with Crippen molar-refractivity contribution in [3.05, 3.63) is 41.5 Å². The number of fused-ring (bicyclic) bond motifs is 2. The molecule has 1 aromatic rings. The van der Waals surface area contributed by atoms with Crippen LogP contribution in [0.3, 0.4) is 0 Å². The lowest BCUT2D eigenvalue weighted by Crippen LogP contribution is -2.56. The topological polar surface area (TPSA) is 66.2 Å². The minimum Gasteiger partial charge on any atom is -0.413 e. The third-order valence-electron chi connectivity index (χ3n) is 4.97. The zero-order valence-corrected chi connectivity index (χ0v) is 13.5. The average Bonchev–Trinajstić information content (AvgIpc) is 2.53. The van der Waals surface area contributed by atoms with Crippen LogP contribution in [-0.2, 0) is 14.9 Å². The summed E-state index contributed by atoms with van der Waals surface area (Å²) in [7, 11) is 0. The molecule has 2 bridgehead atoms. The Bertz CT molecular complexity index is 656. The van der Waals surface area contributed by atoms with E-state index in [1.54, 1.807) is 12.4 Å². The summed E-state index contributed by atoms with van der Waals surface area (Å²) in [5, 5.41) is 10.5. The summed E-state index contributed by atoms with van der Waals surface area (Å²) in [5.74, 6) is 0.380. The lowest BCUT2D eigenvalue weighted by atomic mass is 9.66. The van der Waals surface area contributed by atoms with Gasteiger partial charge in [0.1, 0.15) is 0 Å². The molecule has 0 amide bonds. The van der Waals surface area contributed by atoms with E-state index in [-0.39, 0.29) is 12.1 Å². The number of piperidine rings is 2. The van der Waals surface area contributed by atoms with Crippen molar-refractivity contribution in [2.45, 2.75) is 49.6 Å². The molecule has 0 radical (unpaired) electrons. The van der Waals surface area contributed by atoms with Crippen molar-refractivity contribution in [2.75, 3.05) is 0 Å². The second kappa shape index (κ2) is 6.21. The Morgan fingerprint density at radius 2 is 2.17 bits per heavy atom. The first-order valence-corrected chi connectivity index (χ1v) is 8.07. The number of rotatable bonds is 4.